The van der Waals surface area contributed by atoms with Crippen LogP contribution in [0.25, 0.3) is 0 Å². The van der Waals surface area contributed by atoms with Crippen molar-refractivity contribution in [1.29, 1.82) is 0 Å². The predicted molar refractivity (Wildman–Crippen MR) is 114 cm³/mol. The number of aryl methyl sites for hydroxylation is 1. The van der Waals surface area contributed by atoms with E-state index in [1.54, 1.807) is 6.20 Å². The molecule has 1 saturated carbocycles. The van der Waals surface area contributed by atoms with Gasteiger partial charge in [-0.2, -0.15) is 0 Å². The fourth-order valence-corrected chi connectivity index (χ4v) is 5.23. The average molecular weight is 392 g/mol. The van der Waals surface area contributed by atoms with Crippen LogP contribution in [0.2, 0.25) is 0 Å². The van der Waals surface area contributed by atoms with Crippen LogP contribution in [-0.2, 0) is 4.79 Å². The SMILES string of the molecule is CCC(C)N1C(=O)c2ccccc2C(C(=O)Nc2cc(C)ccn2)C12CCCC2. The normalized spacial score (nSPS) is 21.1. The summed E-state index contributed by atoms with van der Waals surface area (Å²) in [6.45, 7) is 6.19. The first kappa shape index (κ1) is 19.6. The maximum atomic E-state index is 13.7. The van der Waals surface area contributed by atoms with Gasteiger partial charge in [-0.05, 0) is 62.4 Å². The minimum atomic E-state index is -0.464. The van der Waals surface area contributed by atoms with Crippen molar-refractivity contribution in [3.8, 4) is 0 Å². The van der Waals surface area contributed by atoms with Gasteiger partial charge in [0.05, 0.1) is 11.5 Å². The summed E-state index contributed by atoms with van der Waals surface area (Å²) >= 11 is 0. The number of aromatic nitrogens is 1. The van der Waals surface area contributed by atoms with Crippen molar-refractivity contribution in [2.45, 2.75) is 70.4 Å². The number of rotatable bonds is 4. The number of hydrogen-bond acceptors (Lipinski definition) is 3. The molecule has 1 aromatic carbocycles. The van der Waals surface area contributed by atoms with E-state index >= 15 is 0 Å². The minimum Gasteiger partial charge on any atom is -0.329 e. The van der Waals surface area contributed by atoms with E-state index in [9.17, 15) is 9.59 Å². The molecule has 1 aliphatic carbocycles. The van der Waals surface area contributed by atoms with Crippen LogP contribution in [0, 0.1) is 6.92 Å². The van der Waals surface area contributed by atoms with E-state index in [1.807, 2.05) is 48.2 Å². The summed E-state index contributed by atoms with van der Waals surface area (Å²) in [6.07, 6.45) is 6.36. The molecule has 5 heteroatoms. The van der Waals surface area contributed by atoms with Crippen LogP contribution in [0.4, 0.5) is 5.82 Å². The Labute approximate surface area is 172 Å². The molecule has 2 aliphatic rings. The first-order chi connectivity index (χ1) is 14.0. The van der Waals surface area contributed by atoms with Gasteiger partial charge in [-0.25, -0.2) is 4.98 Å². The van der Waals surface area contributed by atoms with Gasteiger partial charge >= 0.3 is 0 Å². The van der Waals surface area contributed by atoms with Crippen LogP contribution in [-0.4, -0.2) is 33.3 Å². The summed E-state index contributed by atoms with van der Waals surface area (Å²) in [7, 11) is 0. The van der Waals surface area contributed by atoms with Gasteiger partial charge in [-0.15, -0.1) is 0 Å². The number of amides is 2. The van der Waals surface area contributed by atoms with E-state index in [2.05, 4.69) is 24.1 Å². The number of hydrogen-bond donors (Lipinski definition) is 1. The third-order valence-corrected chi connectivity index (χ3v) is 6.67. The molecule has 2 unspecified atom stereocenters. The third kappa shape index (κ3) is 3.22. The molecule has 0 bridgehead atoms. The summed E-state index contributed by atoms with van der Waals surface area (Å²) < 4.78 is 0. The van der Waals surface area contributed by atoms with Gasteiger partial charge in [-0.3, -0.25) is 9.59 Å². The van der Waals surface area contributed by atoms with Gasteiger partial charge < -0.3 is 10.2 Å². The van der Waals surface area contributed by atoms with Gasteiger partial charge in [0.1, 0.15) is 5.82 Å². The van der Waals surface area contributed by atoms with Crippen molar-refractivity contribution in [3.05, 3.63) is 59.3 Å². The van der Waals surface area contributed by atoms with Crippen LogP contribution in [0.5, 0.6) is 0 Å². The number of carbonyl (C=O) groups is 2. The number of pyridine rings is 1. The smallest absolute Gasteiger partial charge is 0.254 e. The maximum absolute atomic E-state index is 13.7. The average Bonchev–Trinajstić information content (AvgIpc) is 3.17. The van der Waals surface area contributed by atoms with Crippen LogP contribution in [0.1, 0.15) is 73.4 Å². The standard InChI is InChI=1S/C24H29N3O2/c1-4-17(3)27-23(29)19-10-6-5-9-18(19)21(24(27)12-7-8-13-24)22(28)26-20-15-16(2)11-14-25-20/h5-6,9-11,14-15,17,21H,4,7-8,12-13H2,1-3H3,(H,25,26,28). The number of benzene rings is 1. The zero-order valence-corrected chi connectivity index (χ0v) is 17.4. The van der Waals surface area contributed by atoms with Crippen LogP contribution in [0.3, 0.4) is 0 Å². The molecular formula is C24H29N3O2. The molecule has 1 aliphatic heterocycles. The molecule has 0 saturated heterocycles. The number of nitrogens with zero attached hydrogens (tertiary/aromatic N) is 2. The number of anilines is 1. The lowest BCUT2D eigenvalue weighted by Crippen LogP contribution is -2.62. The van der Waals surface area contributed by atoms with Crippen molar-refractivity contribution in [2.24, 2.45) is 0 Å². The molecule has 4 rings (SSSR count). The molecule has 0 radical (unpaired) electrons. The molecule has 2 heterocycles. The Kier molecular flexibility index (Phi) is 5.15. The van der Waals surface area contributed by atoms with Gasteiger partial charge in [0.2, 0.25) is 5.91 Å². The lowest BCUT2D eigenvalue weighted by molar-refractivity contribution is -0.121. The highest BCUT2D eigenvalue weighted by atomic mass is 16.2. The highest BCUT2D eigenvalue weighted by Gasteiger charge is 2.56. The van der Waals surface area contributed by atoms with Gasteiger partial charge in [0.25, 0.3) is 5.91 Å². The Morgan fingerprint density at radius 2 is 2.00 bits per heavy atom. The Bertz CT molecular complexity index is 933. The number of carbonyl (C=O) groups excluding carboxylic acids is 2. The summed E-state index contributed by atoms with van der Waals surface area (Å²) in [4.78, 5) is 33.6. The summed E-state index contributed by atoms with van der Waals surface area (Å²) in [5.41, 5.74) is 2.09. The van der Waals surface area contributed by atoms with E-state index in [0.717, 1.165) is 43.2 Å². The lowest BCUT2D eigenvalue weighted by Gasteiger charge is -2.52. The Morgan fingerprint density at radius 3 is 2.69 bits per heavy atom. The summed E-state index contributed by atoms with van der Waals surface area (Å²) in [5.74, 6) is 0.163. The number of fused-ring (bicyclic) bond motifs is 1. The second-order valence-corrected chi connectivity index (χ2v) is 8.47. The summed E-state index contributed by atoms with van der Waals surface area (Å²) in [5, 5.41) is 3.05. The zero-order chi connectivity index (χ0) is 20.6. The minimum absolute atomic E-state index is 0.0644. The van der Waals surface area contributed by atoms with E-state index < -0.39 is 11.5 Å². The van der Waals surface area contributed by atoms with Crippen molar-refractivity contribution in [2.75, 3.05) is 5.32 Å². The largest absolute Gasteiger partial charge is 0.329 e. The molecular weight excluding hydrogens is 362 g/mol. The highest BCUT2D eigenvalue weighted by molar-refractivity contribution is 6.05. The molecule has 29 heavy (non-hydrogen) atoms. The van der Waals surface area contributed by atoms with Gasteiger partial charge in [-0.1, -0.05) is 38.0 Å². The highest BCUT2D eigenvalue weighted by Crippen LogP contribution is 2.51. The quantitative estimate of drug-likeness (QED) is 0.823. The lowest BCUT2D eigenvalue weighted by atomic mass is 9.70. The second-order valence-electron chi connectivity index (χ2n) is 8.47. The molecule has 152 valence electrons. The topological polar surface area (TPSA) is 62.3 Å². The molecule has 2 amide bonds. The molecule has 2 aromatic rings. The maximum Gasteiger partial charge on any atom is 0.254 e. The first-order valence-corrected chi connectivity index (χ1v) is 10.6. The second kappa shape index (κ2) is 7.62. The molecule has 1 aromatic heterocycles. The van der Waals surface area contributed by atoms with Crippen LogP contribution < -0.4 is 5.32 Å². The van der Waals surface area contributed by atoms with E-state index in [0.29, 0.717) is 11.4 Å². The van der Waals surface area contributed by atoms with E-state index in [4.69, 9.17) is 0 Å². The third-order valence-electron chi connectivity index (χ3n) is 6.67. The van der Waals surface area contributed by atoms with Crippen molar-refractivity contribution < 1.29 is 9.59 Å². The first-order valence-electron chi connectivity index (χ1n) is 10.6. The van der Waals surface area contributed by atoms with Crippen molar-refractivity contribution in [1.82, 2.24) is 9.88 Å². The van der Waals surface area contributed by atoms with Gasteiger partial charge in [0.15, 0.2) is 0 Å². The Hall–Kier alpha value is -2.69. The Morgan fingerprint density at radius 1 is 1.28 bits per heavy atom. The molecule has 1 fully saturated rings. The fourth-order valence-electron chi connectivity index (χ4n) is 5.23. The monoisotopic (exact) mass is 391 g/mol. The fraction of sp³-hybridized carbons (Fsp3) is 0.458. The van der Waals surface area contributed by atoms with Gasteiger partial charge in [0, 0.05) is 17.8 Å². The molecule has 2 atom stereocenters. The predicted octanol–water partition coefficient (Wildman–Crippen LogP) is 4.68. The van der Waals surface area contributed by atoms with Crippen molar-refractivity contribution in [3.63, 3.8) is 0 Å². The molecule has 1 spiro atoms. The zero-order valence-electron chi connectivity index (χ0n) is 17.4. The molecule has 5 nitrogen and oxygen atoms in total. The van der Waals surface area contributed by atoms with Crippen molar-refractivity contribution >= 4 is 17.6 Å². The van der Waals surface area contributed by atoms with Crippen LogP contribution in [0.15, 0.2) is 42.6 Å². The summed E-state index contributed by atoms with van der Waals surface area (Å²) in [6, 6.07) is 11.5. The van der Waals surface area contributed by atoms with E-state index in [-0.39, 0.29) is 17.9 Å². The van der Waals surface area contributed by atoms with Crippen LogP contribution >= 0.6 is 0 Å². The number of nitrogens with one attached hydrogen (secondary N) is 1. The Balaban J connectivity index is 1.83. The van der Waals surface area contributed by atoms with E-state index in [1.165, 1.54) is 0 Å². The molecule has 1 N–H and O–H groups in total.